The van der Waals surface area contributed by atoms with Gasteiger partial charge in [-0.15, -0.1) is 0 Å². The standard InChI is InChI=1S/C13H15Br2IN4O/c1-21-5-4-20-13(10(15)7-18-20)12(19-17)9-6-8(14)2-3-11(9)16/h2-3,6-7,12,19H,4-5,17H2,1H3. The van der Waals surface area contributed by atoms with E-state index in [2.05, 4.69) is 71.0 Å². The van der Waals surface area contributed by atoms with Crippen LogP contribution in [0.15, 0.2) is 33.3 Å². The number of halogens is 3. The highest BCUT2D eigenvalue weighted by molar-refractivity contribution is 14.1. The first-order valence-corrected chi connectivity index (χ1v) is 8.86. The topological polar surface area (TPSA) is 65.1 Å². The van der Waals surface area contributed by atoms with E-state index in [-0.39, 0.29) is 6.04 Å². The lowest BCUT2D eigenvalue weighted by Gasteiger charge is -2.20. The first-order chi connectivity index (χ1) is 10.1. The van der Waals surface area contributed by atoms with E-state index in [0.29, 0.717) is 13.2 Å². The summed E-state index contributed by atoms with van der Waals surface area (Å²) in [5.41, 5.74) is 4.96. The molecule has 1 atom stereocenters. The molecule has 1 unspecified atom stereocenters. The Morgan fingerprint density at radius 3 is 2.90 bits per heavy atom. The molecule has 0 saturated carbocycles. The maximum atomic E-state index is 5.82. The predicted octanol–water partition coefficient (Wildman–Crippen LogP) is 3.21. The zero-order valence-corrected chi connectivity index (χ0v) is 16.6. The second-order valence-electron chi connectivity index (χ2n) is 4.36. The van der Waals surface area contributed by atoms with Gasteiger partial charge < -0.3 is 4.74 Å². The van der Waals surface area contributed by atoms with Crippen LogP contribution in [0.4, 0.5) is 0 Å². The Morgan fingerprint density at radius 2 is 2.24 bits per heavy atom. The third-order valence-corrected chi connectivity index (χ3v) is 5.14. The number of hydrogen-bond acceptors (Lipinski definition) is 4. The van der Waals surface area contributed by atoms with E-state index in [1.807, 2.05) is 16.8 Å². The molecule has 0 bridgehead atoms. The van der Waals surface area contributed by atoms with E-state index in [1.165, 1.54) is 0 Å². The molecule has 1 heterocycles. The number of rotatable bonds is 6. The summed E-state index contributed by atoms with van der Waals surface area (Å²) in [7, 11) is 1.67. The molecule has 3 N–H and O–H groups in total. The second-order valence-corrected chi connectivity index (χ2v) is 7.29. The minimum atomic E-state index is -0.164. The zero-order valence-electron chi connectivity index (χ0n) is 11.3. The van der Waals surface area contributed by atoms with Crippen LogP contribution in [0.25, 0.3) is 0 Å². The van der Waals surface area contributed by atoms with Gasteiger partial charge in [-0.2, -0.15) is 5.10 Å². The third-order valence-electron chi connectivity index (χ3n) is 3.05. The Labute approximate surface area is 154 Å². The fraction of sp³-hybridized carbons (Fsp3) is 0.308. The van der Waals surface area contributed by atoms with E-state index >= 15 is 0 Å². The fourth-order valence-corrected chi connectivity index (χ4v) is 3.62. The molecule has 0 spiro atoms. The van der Waals surface area contributed by atoms with Crippen molar-refractivity contribution in [2.75, 3.05) is 13.7 Å². The first-order valence-electron chi connectivity index (χ1n) is 6.19. The summed E-state index contributed by atoms with van der Waals surface area (Å²) < 4.78 is 10.1. The number of ether oxygens (including phenoxy) is 1. The summed E-state index contributed by atoms with van der Waals surface area (Å²) in [4.78, 5) is 0. The Balaban J connectivity index is 2.46. The molecule has 21 heavy (non-hydrogen) atoms. The van der Waals surface area contributed by atoms with Crippen LogP contribution in [0.2, 0.25) is 0 Å². The number of benzene rings is 1. The molecule has 0 aliphatic rings. The van der Waals surface area contributed by atoms with Crippen LogP contribution in [0.3, 0.4) is 0 Å². The monoisotopic (exact) mass is 528 g/mol. The predicted molar refractivity (Wildman–Crippen MR) is 97.8 cm³/mol. The van der Waals surface area contributed by atoms with E-state index < -0.39 is 0 Å². The molecule has 0 radical (unpaired) electrons. The molecule has 0 saturated heterocycles. The average Bonchev–Trinajstić information content (AvgIpc) is 2.83. The van der Waals surface area contributed by atoms with Gasteiger partial charge in [0.05, 0.1) is 35.6 Å². The van der Waals surface area contributed by atoms with Gasteiger partial charge >= 0.3 is 0 Å². The van der Waals surface area contributed by atoms with Crippen molar-refractivity contribution in [1.29, 1.82) is 0 Å². The third kappa shape index (κ3) is 4.05. The molecule has 0 aliphatic heterocycles. The van der Waals surface area contributed by atoms with E-state index in [4.69, 9.17) is 10.6 Å². The molecule has 1 aromatic carbocycles. The SMILES string of the molecule is COCCn1ncc(Br)c1C(NN)c1cc(Br)ccc1I. The normalized spacial score (nSPS) is 12.6. The Morgan fingerprint density at radius 1 is 1.48 bits per heavy atom. The summed E-state index contributed by atoms with van der Waals surface area (Å²) in [6, 6.07) is 5.96. The highest BCUT2D eigenvalue weighted by atomic mass is 127. The van der Waals surface area contributed by atoms with Crippen LogP contribution in [-0.2, 0) is 11.3 Å². The van der Waals surface area contributed by atoms with Crippen molar-refractivity contribution in [3.8, 4) is 0 Å². The number of aromatic nitrogens is 2. The molecule has 114 valence electrons. The summed E-state index contributed by atoms with van der Waals surface area (Å²) in [6.45, 7) is 1.26. The minimum absolute atomic E-state index is 0.164. The first kappa shape index (κ1) is 17.4. The van der Waals surface area contributed by atoms with Gasteiger partial charge in [0.1, 0.15) is 0 Å². The summed E-state index contributed by atoms with van der Waals surface area (Å²) in [5.74, 6) is 5.82. The summed E-state index contributed by atoms with van der Waals surface area (Å²) >= 11 is 9.37. The van der Waals surface area contributed by atoms with Gasteiger partial charge in [-0.25, -0.2) is 5.43 Å². The lowest BCUT2D eigenvalue weighted by Crippen LogP contribution is -2.32. The van der Waals surface area contributed by atoms with Gasteiger partial charge in [0.2, 0.25) is 0 Å². The van der Waals surface area contributed by atoms with E-state index in [1.54, 1.807) is 13.3 Å². The summed E-state index contributed by atoms with van der Waals surface area (Å²) in [5, 5.41) is 4.38. The van der Waals surface area contributed by atoms with E-state index in [0.717, 1.165) is 23.8 Å². The van der Waals surface area contributed by atoms with Crippen LogP contribution in [0.5, 0.6) is 0 Å². The van der Waals surface area contributed by atoms with Crippen molar-refractivity contribution in [3.05, 3.63) is 48.2 Å². The van der Waals surface area contributed by atoms with Crippen LogP contribution < -0.4 is 11.3 Å². The maximum Gasteiger partial charge on any atom is 0.0900 e. The highest BCUT2D eigenvalue weighted by Crippen LogP contribution is 2.32. The quantitative estimate of drug-likeness (QED) is 0.343. The van der Waals surface area contributed by atoms with Crippen molar-refractivity contribution in [2.45, 2.75) is 12.6 Å². The van der Waals surface area contributed by atoms with Crippen LogP contribution >= 0.6 is 54.5 Å². The van der Waals surface area contributed by atoms with Gasteiger partial charge in [0, 0.05) is 15.2 Å². The average molecular weight is 530 g/mol. The Bertz CT molecular complexity index is 620. The number of nitrogens with zero attached hydrogens (tertiary/aromatic N) is 2. The van der Waals surface area contributed by atoms with Crippen molar-refractivity contribution in [1.82, 2.24) is 15.2 Å². The summed E-state index contributed by atoms with van der Waals surface area (Å²) in [6.07, 6.45) is 1.78. The number of hydrazine groups is 1. The smallest absolute Gasteiger partial charge is 0.0900 e. The Hall–Kier alpha value is -0.000000000000000111. The van der Waals surface area contributed by atoms with Crippen LogP contribution in [-0.4, -0.2) is 23.5 Å². The zero-order chi connectivity index (χ0) is 15.4. The maximum absolute atomic E-state index is 5.82. The number of methoxy groups -OCH3 is 1. The van der Waals surface area contributed by atoms with Crippen molar-refractivity contribution < 1.29 is 4.74 Å². The second kappa shape index (κ2) is 8.02. The van der Waals surface area contributed by atoms with Crippen LogP contribution in [0, 0.1) is 3.57 Å². The van der Waals surface area contributed by atoms with Crippen LogP contribution in [0.1, 0.15) is 17.3 Å². The largest absolute Gasteiger partial charge is 0.383 e. The lowest BCUT2D eigenvalue weighted by molar-refractivity contribution is 0.182. The molecule has 8 heteroatoms. The number of nitrogens with one attached hydrogen (secondary N) is 1. The molecule has 1 aromatic heterocycles. The highest BCUT2D eigenvalue weighted by Gasteiger charge is 2.23. The molecule has 0 amide bonds. The molecule has 0 aliphatic carbocycles. The van der Waals surface area contributed by atoms with Gasteiger partial charge in [0.25, 0.3) is 0 Å². The lowest BCUT2D eigenvalue weighted by atomic mass is 10.0. The Kier molecular flexibility index (Phi) is 6.63. The number of nitrogens with two attached hydrogens (primary N) is 1. The minimum Gasteiger partial charge on any atom is -0.383 e. The fourth-order valence-electron chi connectivity index (χ4n) is 2.07. The van der Waals surface area contributed by atoms with Gasteiger partial charge in [-0.3, -0.25) is 10.5 Å². The molecule has 0 fully saturated rings. The molecule has 5 nitrogen and oxygen atoms in total. The van der Waals surface area contributed by atoms with Gasteiger partial charge in [-0.05, 0) is 62.3 Å². The number of hydrogen-bond donors (Lipinski definition) is 2. The van der Waals surface area contributed by atoms with E-state index in [9.17, 15) is 0 Å². The molecule has 2 aromatic rings. The van der Waals surface area contributed by atoms with Crippen molar-refractivity contribution >= 4 is 54.5 Å². The van der Waals surface area contributed by atoms with Crippen molar-refractivity contribution in [3.63, 3.8) is 0 Å². The molecular formula is C13H15Br2IN4O. The van der Waals surface area contributed by atoms with Gasteiger partial charge in [-0.1, -0.05) is 15.9 Å². The molecular weight excluding hydrogens is 515 g/mol. The van der Waals surface area contributed by atoms with Crippen molar-refractivity contribution in [2.24, 2.45) is 5.84 Å². The van der Waals surface area contributed by atoms with Gasteiger partial charge in [0.15, 0.2) is 0 Å². The molecule has 2 rings (SSSR count).